The molecule has 0 bridgehead atoms. The molecule has 0 fully saturated rings. The van der Waals surface area contributed by atoms with Crippen LogP contribution in [0, 0.1) is 0 Å². The largest absolute Gasteiger partial charge is 0.745 e. The molecule has 9 heteroatoms. The van der Waals surface area contributed by atoms with Crippen molar-refractivity contribution in [2.24, 2.45) is 0 Å². The number of rotatable bonds is 7. The first-order valence-corrected chi connectivity index (χ1v) is 5.98. The smallest absolute Gasteiger partial charge is 0.202 e. The fourth-order valence-electron chi connectivity index (χ4n) is 1.27. The summed E-state index contributed by atoms with van der Waals surface area (Å²) in [5, 5.41) is 36.3. The summed E-state index contributed by atoms with van der Waals surface area (Å²) < 4.78 is 31.8. The lowest BCUT2D eigenvalue weighted by molar-refractivity contribution is -0.115. The van der Waals surface area contributed by atoms with Crippen molar-refractivity contribution >= 4 is 10.1 Å². The highest BCUT2D eigenvalue weighted by Gasteiger charge is 2.39. The molecule has 0 amide bonds. The van der Waals surface area contributed by atoms with Gasteiger partial charge in [-0.1, -0.05) is 6.92 Å². The van der Waals surface area contributed by atoms with Crippen molar-refractivity contribution in [3.63, 3.8) is 0 Å². The summed E-state index contributed by atoms with van der Waals surface area (Å²) in [5.41, 5.74) is -4.08. The van der Waals surface area contributed by atoms with Gasteiger partial charge in [0.05, 0.1) is 25.5 Å². The van der Waals surface area contributed by atoms with Crippen molar-refractivity contribution in [3.8, 4) is 0 Å². The average molecular weight is 258 g/mol. The van der Waals surface area contributed by atoms with Gasteiger partial charge in [-0.2, -0.15) is 0 Å². The molecular formula is C7H16NO7S-. The molecule has 0 heterocycles. The molecule has 0 saturated carbocycles. The van der Waals surface area contributed by atoms with Crippen molar-refractivity contribution < 1.29 is 33.4 Å². The van der Waals surface area contributed by atoms with Gasteiger partial charge in [0.1, 0.15) is 10.1 Å². The molecule has 0 saturated heterocycles. The van der Waals surface area contributed by atoms with Gasteiger partial charge < -0.3 is 25.0 Å². The van der Waals surface area contributed by atoms with E-state index in [1.54, 1.807) is 0 Å². The van der Waals surface area contributed by atoms with E-state index in [2.05, 4.69) is 0 Å². The van der Waals surface area contributed by atoms with Crippen LogP contribution < -0.4 is 0 Å². The molecule has 0 spiro atoms. The van der Waals surface area contributed by atoms with Crippen LogP contribution in [0.1, 0.15) is 13.3 Å². The highest BCUT2D eigenvalue weighted by atomic mass is 32.2. The van der Waals surface area contributed by atoms with Crippen LogP contribution in [0.5, 0.6) is 0 Å². The molecule has 16 heavy (non-hydrogen) atoms. The number of aliphatic hydroxyl groups excluding tert-OH is 4. The van der Waals surface area contributed by atoms with Gasteiger partial charge >= 0.3 is 0 Å². The Kier molecular flexibility index (Phi) is 5.76. The third kappa shape index (κ3) is 3.10. The fraction of sp³-hybridized carbons (Fsp3) is 1.00. The van der Waals surface area contributed by atoms with Crippen molar-refractivity contribution in [2.45, 2.75) is 24.4 Å². The van der Waals surface area contributed by atoms with Crippen LogP contribution in [0.15, 0.2) is 0 Å². The molecule has 4 N–H and O–H groups in total. The maximum Gasteiger partial charge on any atom is 0.202 e. The Morgan fingerprint density at radius 1 is 1.31 bits per heavy atom. The van der Waals surface area contributed by atoms with Crippen molar-refractivity contribution in [1.82, 2.24) is 4.90 Å². The van der Waals surface area contributed by atoms with E-state index in [1.807, 2.05) is 0 Å². The summed E-state index contributed by atoms with van der Waals surface area (Å²) >= 11 is 0. The van der Waals surface area contributed by atoms with E-state index < -0.39 is 41.2 Å². The van der Waals surface area contributed by atoms with Crippen LogP contribution >= 0.6 is 0 Å². The molecule has 0 rings (SSSR count). The minimum absolute atomic E-state index is 0.0349. The SMILES string of the molecule is CCC(CO)(CO)N(CO)C(O)S(=O)(=O)[O-]. The van der Waals surface area contributed by atoms with E-state index in [0.717, 1.165) is 0 Å². The van der Waals surface area contributed by atoms with Gasteiger partial charge in [0, 0.05) is 0 Å². The zero-order chi connectivity index (χ0) is 13.0. The zero-order valence-electron chi connectivity index (χ0n) is 8.77. The highest BCUT2D eigenvalue weighted by Crippen LogP contribution is 2.22. The van der Waals surface area contributed by atoms with Crippen molar-refractivity contribution in [1.29, 1.82) is 0 Å². The molecule has 98 valence electrons. The van der Waals surface area contributed by atoms with Crippen LogP contribution in [0.4, 0.5) is 0 Å². The van der Waals surface area contributed by atoms with Gasteiger partial charge in [-0.3, -0.25) is 0 Å². The summed E-state index contributed by atoms with van der Waals surface area (Å²) in [4.78, 5) is 0.440. The van der Waals surface area contributed by atoms with E-state index >= 15 is 0 Å². The second-order valence-corrected chi connectivity index (χ2v) is 4.73. The van der Waals surface area contributed by atoms with Crippen LogP contribution in [0.3, 0.4) is 0 Å². The maximum atomic E-state index is 10.6. The molecule has 8 nitrogen and oxygen atoms in total. The monoisotopic (exact) mass is 258 g/mol. The summed E-state index contributed by atoms with van der Waals surface area (Å²) in [6.07, 6.45) is 0.0349. The van der Waals surface area contributed by atoms with Crippen LogP contribution in [-0.2, 0) is 10.1 Å². The standard InChI is InChI=1S/C7H17NO7S/c1-2-7(3-9,4-10)8(5-11)6(12)16(13,14)15/h6,9-12H,2-5H2,1H3,(H,13,14,15)/p-1. The zero-order valence-corrected chi connectivity index (χ0v) is 9.59. The van der Waals surface area contributed by atoms with Gasteiger partial charge in [-0.15, -0.1) is 0 Å². The molecular weight excluding hydrogens is 242 g/mol. The maximum absolute atomic E-state index is 10.6. The third-order valence-electron chi connectivity index (χ3n) is 2.53. The van der Waals surface area contributed by atoms with Gasteiger partial charge in [0.2, 0.25) is 5.56 Å². The summed E-state index contributed by atoms with van der Waals surface area (Å²) in [7, 11) is -5.08. The number of nitrogens with zero attached hydrogens (tertiary/aromatic N) is 1. The number of hydrogen-bond acceptors (Lipinski definition) is 8. The highest BCUT2D eigenvalue weighted by molar-refractivity contribution is 7.86. The Hall–Kier alpha value is -0.290. The predicted molar refractivity (Wildman–Crippen MR) is 51.8 cm³/mol. The molecule has 0 radical (unpaired) electrons. The Labute approximate surface area is 93.5 Å². The number of aliphatic hydroxyl groups is 4. The molecule has 0 aromatic rings. The first-order chi connectivity index (χ1) is 7.29. The predicted octanol–water partition coefficient (Wildman–Crippen LogP) is -2.81. The first-order valence-electron chi connectivity index (χ1n) is 4.51. The van der Waals surface area contributed by atoms with Gasteiger partial charge in [-0.05, 0) is 6.42 Å². The molecule has 0 aromatic carbocycles. The summed E-state index contributed by atoms with van der Waals surface area (Å²) in [6.45, 7) is -0.920. The lowest BCUT2D eigenvalue weighted by atomic mass is 9.97. The van der Waals surface area contributed by atoms with Gasteiger partial charge in [-0.25, -0.2) is 13.3 Å². The third-order valence-corrected chi connectivity index (χ3v) is 3.30. The topological polar surface area (TPSA) is 141 Å². The average Bonchev–Trinajstić information content (AvgIpc) is 2.24. The molecule has 0 aliphatic carbocycles. The summed E-state index contributed by atoms with van der Waals surface area (Å²) in [5.74, 6) is 0. The van der Waals surface area contributed by atoms with Crippen molar-refractivity contribution in [2.75, 3.05) is 19.9 Å². The van der Waals surface area contributed by atoms with Gasteiger partial charge in [0.15, 0.2) is 0 Å². The van der Waals surface area contributed by atoms with Crippen LogP contribution in [-0.4, -0.2) is 69.3 Å². The fourth-order valence-corrected chi connectivity index (χ4v) is 1.87. The number of hydrogen-bond donors (Lipinski definition) is 4. The van der Waals surface area contributed by atoms with E-state index in [9.17, 15) is 18.1 Å². The molecule has 1 atom stereocenters. The lowest BCUT2D eigenvalue weighted by Gasteiger charge is -2.42. The second kappa shape index (κ2) is 5.87. The first kappa shape index (κ1) is 15.7. The normalized spacial score (nSPS) is 15.4. The van der Waals surface area contributed by atoms with E-state index in [4.69, 9.17) is 15.3 Å². The van der Waals surface area contributed by atoms with Gasteiger partial charge in [0.25, 0.3) is 0 Å². The quantitative estimate of drug-likeness (QED) is 0.283. The van der Waals surface area contributed by atoms with Crippen LogP contribution in [0.25, 0.3) is 0 Å². The Morgan fingerprint density at radius 3 is 1.94 bits per heavy atom. The van der Waals surface area contributed by atoms with E-state index in [1.165, 1.54) is 6.92 Å². The molecule has 0 aromatic heterocycles. The molecule has 0 aliphatic rings. The minimum atomic E-state index is -5.08. The Bertz CT molecular complexity index is 292. The Balaban J connectivity index is 5.25. The molecule has 1 unspecified atom stereocenters. The van der Waals surface area contributed by atoms with Crippen molar-refractivity contribution in [3.05, 3.63) is 0 Å². The second-order valence-electron chi connectivity index (χ2n) is 3.32. The molecule has 0 aliphatic heterocycles. The summed E-state index contributed by atoms with van der Waals surface area (Å²) in [6, 6.07) is 0. The minimum Gasteiger partial charge on any atom is -0.745 e. The van der Waals surface area contributed by atoms with E-state index in [-0.39, 0.29) is 6.42 Å². The van der Waals surface area contributed by atoms with E-state index in [0.29, 0.717) is 4.90 Å². The Morgan fingerprint density at radius 2 is 1.75 bits per heavy atom. The lowest BCUT2D eigenvalue weighted by Crippen LogP contribution is -2.60. The van der Waals surface area contributed by atoms with Crippen LogP contribution in [0.2, 0.25) is 0 Å².